The summed E-state index contributed by atoms with van der Waals surface area (Å²) in [6.45, 7) is 0.766. The fourth-order valence-electron chi connectivity index (χ4n) is 2.84. The molecule has 1 fully saturated rings. The Morgan fingerprint density at radius 1 is 1.48 bits per heavy atom. The highest BCUT2D eigenvalue weighted by molar-refractivity contribution is 5.78. The van der Waals surface area contributed by atoms with Crippen molar-refractivity contribution in [3.05, 3.63) is 36.0 Å². The minimum Gasteiger partial charge on any atom is -0.497 e. The first-order valence-electron chi connectivity index (χ1n) is 7.33. The molecule has 23 heavy (non-hydrogen) atoms. The number of methoxy groups -OCH3 is 1. The molecule has 2 aromatic rings. The van der Waals surface area contributed by atoms with Gasteiger partial charge in [0.05, 0.1) is 19.0 Å². The number of alkyl halides is 1. The molecule has 1 aliphatic rings. The quantitative estimate of drug-likeness (QED) is 0.882. The number of likely N-dealkylation sites (tertiary alicyclic amines) is 1. The van der Waals surface area contributed by atoms with E-state index in [2.05, 4.69) is 10.2 Å². The van der Waals surface area contributed by atoms with Crippen molar-refractivity contribution >= 4 is 5.97 Å². The van der Waals surface area contributed by atoms with Gasteiger partial charge in [0.1, 0.15) is 5.75 Å². The molecule has 2 heterocycles. The van der Waals surface area contributed by atoms with Crippen molar-refractivity contribution in [3.63, 3.8) is 0 Å². The zero-order valence-corrected chi connectivity index (χ0v) is 12.8. The molecule has 1 saturated heterocycles. The maximum absolute atomic E-state index is 14.1. The summed E-state index contributed by atoms with van der Waals surface area (Å²) in [4.78, 5) is 12.8. The summed E-state index contributed by atoms with van der Waals surface area (Å²) in [5, 5.41) is 16.0. The Kier molecular flexibility index (Phi) is 4.04. The lowest BCUT2D eigenvalue weighted by atomic mass is 10.1. The predicted octanol–water partition coefficient (Wildman–Crippen LogP) is 2.08. The molecule has 122 valence electrons. The van der Waals surface area contributed by atoms with E-state index in [1.165, 1.54) is 0 Å². The Morgan fingerprint density at radius 3 is 2.83 bits per heavy atom. The standard InChI is InChI=1S/C16H18FN3O3/c1-23-13-4-2-11(3-5-13)14-12(8-18-19-14)9-20-7-6-16(17,10-20)15(21)22/h2-5,8H,6-7,9-10H2,1H3,(H,18,19)(H,21,22). The Bertz CT molecular complexity index is 701. The van der Waals surface area contributed by atoms with Crippen molar-refractivity contribution in [3.8, 4) is 17.0 Å². The summed E-state index contributed by atoms with van der Waals surface area (Å²) in [6.07, 6.45) is 1.70. The molecule has 0 aliphatic carbocycles. The summed E-state index contributed by atoms with van der Waals surface area (Å²) >= 11 is 0. The van der Waals surface area contributed by atoms with Crippen LogP contribution in [0.25, 0.3) is 11.3 Å². The third-order valence-corrected chi connectivity index (χ3v) is 4.17. The third kappa shape index (κ3) is 3.05. The van der Waals surface area contributed by atoms with Gasteiger partial charge in [-0.05, 0) is 24.3 Å². The van der Waals surface area contributed by atoms with Crippen molar-refractivity contribution in [2.24, 2.45) is 0 Å². The van der Waals surface area contributed by atoms with E-state index in [1.807, 2.05) is 24.3 Å². The highest BCUT2D eigenvalue weighted by Crippen LogP contribution is 2.29. The van der Waals surface area contributed by atoms with Gasteiger partial charge in [-0.1, -0.05) is 0 Å². The van der Waals surface area contributed by atoms with Gasteiger partial charge in [-0.25, -0.2) is 9.18 Å². The Morgan fingerprint density at radius 2 is 2.22 bits per heavy atom. The zero-order chi connectivity index (χ0) is 16.4. The van der Waals surface area contributed by atoms with Gasteiger partial charge in [-0.2, -0.15) is 5.10 Å². The maximum atomic E-state index is 14.1. The van der Waals surface area contributed by atoms with Gasteiger partial charge in [0, 0.05) is 37.2 Å². The lowest BCUT2D eigenvalue weighted by Crippen LogP contribution is -2.36. The first-order valence-corrected chi connectivity index (χ1v) is 7.33. The van der Waals surface area contributed by atoms with E-state index in [0.29, 0.717) is 13.1 Å². The first-order chi connectivity index (χ1) is 11.0. The summed E-state index contributed by atoms with van der Waals surface area (Å²) in [6, 6.07) is 7.53. The second kappa shape index (κ2) is 6.00. The number of ether oxygens (including phenoxy) is 1. The molecule has 3 rings (SSSR count). The van der Waals surface area contributed by atoms with Crippen molar-refractivity contribution in [2.45, 2.75) is 18.6 Å². The monoisotopic (exact) mass is 319 g/mol. The molecular formula is C16H18FN3O3. The van der Waals surface area contributed by atoms with E-state index in [4.69, 9.17) is 9.84 Å². The van der Waals surface area contributed by atoms with Gasteiger partial charge in [0.2, 0.25) is 5.67 Å². The Hall–Kier alpha value is -2.41. The number of nitrogens with one attached hydrogen (secondary N) is 1. The van der Waals surface area contributed by atoms with Gasteiger partial charge in [0.15, 0.2) is 0 Å². The summed E-state index contributed by atoms with van der Waals surface area (Å²) < 4.78 is 19.3. The van der Waals surface area contributed by atoms with Crippen LogP contribution in [0.3, 0.4) is 0 Å². The van der Waals surface area contributed by atoms with Gasteiger partial charge in [-0.3, -0.25) is 10.00 Å². The van der Waals surface area contributed by atoms with E-state index in [0.717, 1.165) is 22.6 Å². The number of carboxylic acid groups (broad SMARTS) is 1. The second-order valence-electron chi connectivity index (χ2n) is 5.73. The van der Waals surface area contributed by atoms with Crippen LogP contribution in [0.4, 0.5) is 4.39 Å². The molecule has 0 bridgehead atoms. The topological polar surface area (TPSA) is 78.5 Å². The average molecular weight is 319 g/mol. The largest absolute Gasteiger partial charge is 0.497 e. The lowest BCUT2D eigenvalue weighted by molar-refractivity contribution is -0.149. The van der Waals surface area contributed by atoms with Crippen molar-refractivity contribution in [1.82, 2.24) is 15.1 Å². The highest BCUT2D eigenvalue weighted by Gasteiger charge is 2.45. The fourth-order valence-corrected chi connectivity index (χ4v) is 2.84. The van der Waals surface area contributed by atoms with Crippen LogP contribution in [0, 0.1) is 0 Å². The third-order valence-electron chi connectivity index (χ3n) is 4.17. The molecule has 0 amide bonds. The molecule has 0 saturated carbocycles. The van der Waals surface area contributed by atoms with Crippen molar-refractivity contribution in [1.29, 1.82) is 0 Å². The number of nitrogens with zero attached hydrogens (tertiary/aromatic N) is 2. The molecule has 1 aromatic carbocycles. The zero-order valence-electron chi connectivity index (χ0n) is 12.8. The van der Waals surface area contributed by atoms with Gasteiger partial charge in [-0.15, -0.1) is 0 Å². The first kappa shape index (κ1) is 15.5. The number of hydrogen-bond donors (Lipinski definition) is 2. The molecule has 1 aromatic heterocycles. The molecular weight excluding hydrogens is 301 g/mol. The molecule has 1 atom stereocenters. The molecule has 0 radical (unpaired) electrons. The number of aliphatic carboxylic acids is 1. The molecule has 6 nitrogen and oxygen atoms in total. The van der Waals surface area contributed by atoms with E-state index in [9.17, 15) is 9.18 Å². The van der Waals surface area contributed by atoms with Gasteiger partial charge in [0.25, 0.3) is 0 Å². The molecule has 1 aliphatic heterocycles. The number of carboxylic acids is 1. The average Bonchev–Trinajstić information content (AvgIpc) is 3.16. The normalized spacial score (nSPS) is 21.5. The Labute approximate surface area is 132 Å². The number of benzene rings is 1. The van der Waals surface area contributed by atoms with Gasteiger partial charge >= 0.3 is 5.97 Å². The SMILES string of the molecule is COc1ccc(-c2[nH]ncc2CN2CCC(F)(C(=O)O)C2)cc1. The van der Waals surface area contributed by atoms with E-state index in [1.54, 1.807) is 18.2 Å². The lowest BCUT2D eigenvalue weighted by Gasteiger charge is -2.17. The summed E-state index contributed by atoms with van der Waals surface area (Å²) in [7, 11) is 1.61. The Balaban J connectivity index is 1.75. The van der Waals surface area contributed by atoms with Crippen LogP contribution in [0.1, 0.15) is 12.0 Å². The number of halogens is 1. The predicted molar refractivity (Wildman–Crippen MR) is 81.9 cm³/mol. The minimum atomic E-state index is -2.15. The number of rotatable bonds is 5. The van der Waals surface area contributed by atoms with Crippen molar-refractivity contribution in [2.75, 3.05) is 20.2 Å². The number of aromatic amines is 1. The second-order valence-corrected chi connectivity index (χ2v) is 5.73. The van der Waals surface area contributed by atoms with E-state index >= 15 is 0 Å². The van der Waals surface area contributed by atoms with Crippen LogP contribution in [0.15, 0.2) is 30.5 Å². The fraction of sp³-hybridized carbons (Fsp3) is 0.375. The number of carbonyl (C=O) groups is 1. The number of aromatic nitrogens is 2. The molecule has 1 unspecified atom stereocenters. The number of H-pyrrole nitrogens is 1. The molecule has 2 N–H and O–H groups in total. The van der Waals surface area contributed by atoms with Crippen LogP contribution in [0.5, 0.6) is 5.75 Å². The van der Waals surface area contributed by atoms with Crippen LogP contribution >= 0.6 is 0 Å². The molecule has 0 spiro atoms. The minimum absolute atomic E-state index is 0.0120. The summed E-state index contributed by atoms with van der Waals surface area (Å²) in [5.41, 5.74) is 0.552. The smallest absolute Gasteiger partial charge is 0.342 e. The maximum Gasteiger partial charge on any atom is 0.342 e. The van der Waals surface area contributed by atoms with E-state index < -0.39 is 11.6 Å². The highest BCUT2D eigenvalue weighted by atomic mass is 19.1. The van der Waals surface area contributed by atoms with Crippen LogP contribution < -0.4 is 4.74 Å². The van der Waals surface area contributed by atoms with Gasteiger partial charge < -0.3 is 9.84 Å². The summed E-state index contributed by atoms with van der Waals surface area (Å²) in [5.74, 6) is -0.624. The molecule has 7 heteroatoms. The number of hydrogen-bond acceptors (Lipinski definition) is 4. The van der Waals surface area contributed by atoms with Crippen LogP contribution in [-0.4, -0.2) is 52.0 Å². The van der Waals surface area contributed by atoms with E-state index in [-0.39, 0.29) is 13.0 Å². The van der Waals surface area contributed by atoms with Crippen LogP contribution in [-0.2, 0) is 11.3 Å². The van der Waals surface area contributed by atoms with Crippen LogP contribution in [0.2, 0.25) is 0 Å². The van der Waals surface area contributed by atoms with Crippen molar-refractivity contribution < 1.29 is 19.0 Å².